The molecular formula is C14H16ClN3S. The van der Waals surface area contributed by atoms with Crippen molar-refractivity contribution >= 4 is 35.0 Å². The molecule has 0 aliphatic heterocycles. The molecule has 0 saturated heterocycles. The number of H-pyrrole nitrogens is 1. The summed E-state index contributed by atoms with van der Waals surface area (Å²) in [6.07, 6.45) is 10.2. The van der Waals surface area contributed by atoms with Crippen LogP contribution in [0, 0.1) is 4.77 Å². The summed E-state index contributed by atoms with van der Waals surface area (Å²) in [5.74, 6) is 0. The van der Waals surface area contributed by atoms with Crippen LogP contribution in [0.15, 0.2) is 23.9 Å². The van der Waals surface area contributed by atoms with Crippen molar-refractivity contribution in [2.45, 2.75) is 38.6 Å². The molecule has 1 aliphatic rings. The van der Waals surface area contributed by atoms with Crippen LogP contribution in [0.4, 0.5) is 0 Å². The molecule has 0 atom stereocenters. The van der Waals surface area contributed by atoms with Gasteiger partial charge in [-0.3, -0.25) is 0 Å². The fraction of sp³-hybridized carbons (Fsp3) is 0.429. The number of hydrogen-bond acceptors (Lipinski definition) is 2. The molecule has 3 nitrogen and oxygen atoms in total. The Kier molecular flexibility index (Phi) is 3.71. The quantitative estimate of drug-likeness (QED) is 0.661. The van der Waals surface area contributed by atoms with Crippen LogP contribution in [0.25, 0.3) is 11.2 Å². The molecule has 100 valence electrons. The van der Waals surface area contributed by atoms with E-state index in [1.54, 1.807) is 11.8 Å². The first kappa shape index (κ1) is 12.9. The van der Waals surface area contributed by atoms with E-state index in [-0.39, 0.29) is 0 Å². The lowest BCUT2D eigenvalue weighted by atomic mass is 9.97. The predicted octanol–water partition coefficient (Wildman–Crippen LogP) is 4.64. The highest BCUT2D eigenvalue weighted by Gasteiger charge is 2.08. The number of fused-ring (bicyclic) bond motifs is 1. The number of imidazole rings is 1. The lowest BCUT2D eigenvalue weighted by Crippen LogP contribution is -2.02. The Hall–Kier alpha value is -1.13. The molecule has 0 unspecified atom stereocenters. The standard InChI is InChI=1S/C14H16ClN3S/c15-11-8-12-13(16-9-11)18(14(19)17-12)7-6-10-4-2-1-3-5-10/h4,8-9H,1-3,5-7H2,(H,17,19). The number of nitrogens with one attached hydrogen (secondary N) is 1. The maximum atomic E-state index is 5.94. The molecule has 3 rings (SSSR count). The highest BCUT2D eigenvalue weighted by atomic mass is 35.5. The van der Waals surface area contributed by atoms with Crippen LogP contribution in [-0.4, -0.2) is 14.5 Å². The first-order valence-corrected chi connectivity index (χ1v) is 7.44. The molecule has 0 saturated carbocycles. The van der Waals surface area contributed by atoms with Crippen LogP contribution in [0.2, 0.25) is 5.02 Å². The number of aromatic nitrogens is 3. The third kappa shape index (κ3) is 2.74. The number of allylic oxidation sites excluding steroid dienone is 2. The van der Waals surface area contributed by atoms with Crippen molar-refractivity contribution in [2.75, 3.05) is 0 Å². The Morgan fingerprint density at radius 3 is 3.11 bits per heavy atom. The molecule has 5 heteroatoms. The zero-order valence-corrected chi connectivity index (χ0v) is 12.2. The van der Waals surface area contributed by atoms with Crippen molar-refractivity contribution < 1.29 is 0 Å². The second kappa shape index (κ2) is 5.47. The van der Waals surface area contributed by atoms with Crippen molar-refractivity contribution in [3.05, 3.63) is 33.7 Å². The molecule has 1 N–H and O–H groups in total. The average Bonchev–Trinajstić information content (AvgIpc) is 2.72. The van der Waals surface area contributed by atoms with Crippen LogP contribution in [0.3, 0.4) is 0 Å². The summed E-state index contributed by atoms with van der Waals surface area (Å²) < 4.78 is 2.79. The van der Waals surface area contributed by atoms with E-state index in [1.807, 2.05) is 6.07 Å². The molecule has 0 amide bonds. The van der Waals surface area contributed by atoms with Gasteiger partial charge in [-0.2, -0.15) is 0 Å². The Balaban J connectivity index is 1.86. The van der Waals surface area contributed by atoms with E-state index in [1.165, 1.54) is 25.7 Å². The van der Waals surface area contributed by atoms with E-state index < -0.39 is 0 Å². The maximum Gasteiger partial charge on any atom is 0.179 e. The Morgan fingerprint density at radius 2 is 2.32 bits per heavy atom. The van der Waals surface area contributed by atoms with Gasteiger partial charge in [0.05, 0.1) is 10.5 Å². The summed E-state index contributed by atoms with van der Waals surface area (Å²) in [5, 5.41) is 0.630. The highest BCUT2D eigenvalue weighted by Crippen LogP contribution is 2.22. The van der Waals surface area contributed by atoms with Gasteiger partial charge in [0.2, 0.25) is 0 Å². The molecule has 0 bridgehead atoms. The first-order valence-electron chi connectivity index (χ1n) is 6.66. The average molecular weight is 294 g/mol. The Labute approximate surface area is 122 Å². The molecule has 1 aliphatic carbocycles. The zero-order chi connectivity index (χ0) is 13.2. The SMILES string of the molecule is S=c1[nH]c2cc(Cl)cnc2n1CCC1=CCCCC1. The van der Waals surface area contributed by atoms with Crippen LogP contribution in [-0.2, 0) is 6.54 Å². The van der Waals surface area contributed by atoms with E-state index in [9.17, 15) is 0 Å². The molecule has 0 radical (unpaired) electrons. The van der Waals surface area contributed by atoms with Crippen molar-refractivity contribution in [1.82, 2.24) is 14.5 Å². The Morgan fingerprint density at radius 1 is 1.42 bits per heavy atom. The minimum Gasteiger partial charge on any atom is -0.329 e. The molecule has 0 fully saturated rings. The van der Waals surface area contributed by atoms with Crippen LogP contribution >= 0.6 is 23.8 Å². The summed E-state index contributed by atoms with van der Waals surface area (Å²) in [6, 6.07) is 1.87. The van der Waals surface area contributed by atoms with Crippen LogP contribution in [0.5, 0.6) is 0 Å². The van der Waals surface area contributed by atoms with Crippen molar-refractivity contribution in [3.63, 3.8) is 0 Å². The minimum absolute atomic E-state index is 0.630. The summed E-state index contributed by atoms with van der Waals surface area (Å²) in [5.41, 5.74) is 3.36. The molecule has 2 aromatic heterocycles. The number of aromatic amines is 1. The molecule has 0 aromatic carbocycles. The fourth-order valence-electron chi connectivity index (χ4n) is 2.61. The van der Waals surface area contributed by atoms with Gasteiger partial charge in [-0.25, -0.2) is 4.98 Å². The van der Waals surface area contributed by atoms with Gasteiger partial charge in [0.25, 0.3) is 0 Å². The van der Waals surface area contributed by atoms with Crippen LogP contribution < -0.4 is 0 Å². The largest absolute Gasteiger partial charge is 0.329 e. The van der Waals surface area contributed by atoms with Gasteiger partial charge >= 0.3 is 0 Å². The lowest BCUT2D eigenvalue weighted by molar-refractivity contribution is 0.627. The van der Waals surface area contributed by atoms with E-state index in [2.05, 4.69) is 20.6 Å². The molecule has 2 heterocycles. The van der Waals surface area contributed by atoms with Gasteiger partial charge in [-0.15, -0.1) is 0 Å². The highest BCUT2D eigenvalue weighted by molar-refractivity contribution is 7.71. The monoisotopic (exact) mass is 293 g/mol. The van der Waals surface area contributed by atoms with Crippen molar-refractivity contribution in [1.29, 1.82) is 0 Å². The topological polar surface area (TPSA) is 33.6 Å². The van der Waals surface area contributed by atoms with Gasteiger partial charge in [0.15, 0.2) is 10.4 Å². The lowest BCUT2D eigenvalue weighted by Gasteiger charge is -2.12. The summed E-state index contributed by atoms with van der Waals surface area (Å²) in [6.45, 7) is 0.888. The number of pyridine rings is 1. The minimum atomic E-state index is 0.630. The van der Waals surface area contributed by atoms with Gasteiger partial charge in [-0.1, -0.05) is 23.3 Å². The second-order valence-electron chi connectivity index (χ2n) is 4.96. The van der Waals surface area contributed by atoms with Gasteiger partial charge in [0.1, 0.15) is 0 Å². The van der Waals surface area contributed by atoms with Crippen molar-refractivity contribution in [2.24, 2.45) is 0 Å². The van der Waals surface area contributed by atoms with Gasteiger partial charge < -0.3 is 9.55 Å². The number of rotatable bonds is 3. The van der Waals surface area contributed by atoms with Crippen molar-refractivity contribution in [3.8, 4) is 0 Å². The van der Waals surface area contributed by atoms with Gasteiger partial charge in [-0.05, 0) is 50.4 Å². The summed E-state index contributed by atoms with van der Waals surface area (Å²) in [4.78, 5) is 7.55. The Bertz CT molecular complexity index is 684. The molecule has 0 spiro atoms. The van der Waals surface area contributed by atoms with Gasteiger partial charge in [0, 0.05) is 12.7 Å². The van der Waals surface area contributed by atoms with E-state index in [0.717, 1.165) is 28.9 Å². The third-order valence-electron chi connectivity index (χ3n) is 3.62. The smallest absolute Gasteiger partial charge is 0.179 e. The number of halogens is 1. The molecule has 2 aromatic rings. The summed E-state index contributed by atoms with van der Waals surface area (Å²) >= 11 is 11.3. The molecule has 19 heavy (non-hydrogen) atoms. The van der Waals surface area contributed by atoms with E-state index >= 15 is 0 Å². The first-order chi connectivity index (χ1) is 9.24. The third-order valence-corrected chi connectivity index (χ3v) is 4.15. The zero-order valence-electron chi connectivity index (χ0n) is 10.7. The number of aryl methyl sites for hydroxylation is 1. The fourth-order valence-corrected chi connectivity index (χ4v) is 3.06. The normalized spacial score (nSPS) is 15.7. The van der Waals surface area contributed by atoms with E-state index in [0.29, 0.717) is 5.02 Å². The van der Waals surface area contributed by atoms with E-state index in [4.69, 9.17) is 23.8 Å². The maximum absolute atomic E-state index is 5.94. The second-order valence-corrected chi connectivity index (χ2v) is 5.79. The van der Waals surface area contributed by atoms with Crippen LogP contribution in [0.1, 0.15) is 32.1 Å². The number of hydrogen-bond donors (Lipinski definition) is 1. The molecular weight excluding hydrogens is 278 g/mol. The summed E-state index contributed by atoms with van der Waals surface area (Å²) in [7, 11) is 0. The number of nitrogens with zero attached hydrogens (tertiary/aromatic N) is 2. The predicted molar refractivity (Wildman–Crippen MR) is 81.1 cm³/mol.